The predicted molar refractivity (Wildman–Crippen MR) is 116 cm³/mol. The SMILES string of the molecule is CCOc1ccc(C2=C(N3CCC(C)CC3)C(=O)N(Cc3ccc(F)cc3)C2=O)cc1. The number of halogens is 1. The van der Waals surface area contributed by atoms with E-state index in [-0.39, 0.29) is 24.2 Å². The van der Waals surface area contributed by atoms with Gasteiger partial charge < -0.3 is 9.64 Å². The smallest absolute Gasteiger partial charge is 0.278 e. The van der Waals surface area contributed by atoms with E-state index < -0.39 is 0 Å². The molecule has 0 bridgehead atoms. The number of likely N-dealkylation sites (tertiary alicyclic amines) is 1. The van der Waals surface area contributed by atoms with Gasteiger partial charge in [-0.2, -0.15) is 0 Å². The summed E-state index contributed by atoms with van der Waals surface area (Å²) in [5, 5.41) is 0. The van der Waals surface area contributed by atoms with Crippen molar-refractivity contribution in [2.45, 2.75) is 33.2 Å². The second kappa shape index (κ2) is 8.92. The molecule has 5 nitrogen and oxygen atoms in total. The maximum Gasteiger partial charge on any atom is 0.278 e. The van der Waals surface area contributed by atoms with E-state index in [0.29, 0.717) is 34.9 Å². The zero-order valence-corrected chi connectivity index (χ0v) is 17.9. The van der Waals surface area contributed by atoms with E-state index in [1.165, 1.54) is 17.0 Å². The number of carbonyl (C=O) groups is 2. The minimum absolute atomic E-state index is 0.117. The van der Waals surface area contributed by atoms with Crippen molar-refractivity contribution in [3.63, 3.8) is 0 Å². The average Bonchev–Trinajstić information content (AvgIpc) is 3.01. The highest BCUT2D eigenvalue weighted by atomic mass is 19.1. The number of amides is 2. The topological polar surface area (TPSA) is 49.9 Å². The zero-order chi connectivity index (χ0) is 22.0. The molecule has 0 saturated carbocycles. The molecule has 0 aromatic heterocycles. The number of hydrogen-bond donors (Lipinski definition) is 0. The molecule has 2 aromatic rings. The first-order chi connectivity index (χ1) is 15.0. The van der Waals surface area contributed by atoms with Crippen LogP contribution >= 0.6 is 0 Å². The fraction of sp³-hybridized carbons (Fsp3) is 0.360. The van der Waals surface area contributed by atoms with Gasteiger partial charge in [0.15, 0.2) is 0 Å². The van der Waals surface area contributed by atoms with E-state index in [0.717, 1.165) is 31.7 Å². The molecule has 0 spiro atoms. The Morgan fingerprint density at radius 1 is 0.968 bits per heavy atom. The summed E-state index contributed by atoms with van der Waals surface area (Å²) in [4.78, 5) is 30.2. The molecule has 31 heavy (non-hydrogen) atoms. The van der Waals surface area contributed by atoms with Gasteiger partial charge in [0.05, 0.1) is 18.7 Å². The third-order valence-corrected chi connectivity index (χ3v) is 5.95. The molecule has 4 rings (SSSR count). The highest BCUT2D eigenvalue weighted by Gasteiger charge is 2.42. The number of piperidine rings is 1. The van der Waals surface area contributed by atoms with Crippen molar-refractivity contribution < 1.29 is 18.7 Å². The van der Waals surface area contributed by atoms with E-state index in [1.807, 2.05) is 31.2 Å². The summed E-state index contributed by atoms with van der Waals surface area (Å²) in [5.74, 6) is 0.382. The average molecular weight is 423 g/mol. The molecule has 2 aliphatic rings. The van der Waals surface area contributed by atoms with Crippen LogP contribution in [0.2, 0.25) is 0 Å². The van der Waals surface area contributed by atoms with Gasteiger partial charge in [-0.1, -0.05) is 31.2 Å². The first-order valence-corrected chi connectivity index (χ1v) is 10.8. The molecule has 2 heterocycles. The van der Waals surface area contributed by atoms with Crippen LogP contribution in [0.3, 0.4) is 0 Å². The largest absolute Gasteiger partial charge is 0.494 e. The molecule has 2 aromatic carbocycles. The van der Waals surface area contributed by atoms with Crippen LogP contribution in [0.4, 0.5) is 4.39 Å². The first kappa shape index (κ1) is 21.1. The van der Waals surface area contributed by atoms with Gasteiger partial charge in [-0.05, 0) is 61.1 Å². The van der Waals surface area contributed by atoms with Crippen molar-refractivity contribution in [1.29, 1.82) is 0 Å². The highest BCUT2D eigenvalue weighted by Crippen LogP contribution is 2.35. The standard InChI is InChI=1S/C25H27FN2O3/c1-3-31-21-10-6-19(7-11-21)22-23(27-14-12-17(2)13-15-27)25(30)28(24(22)29)16-18-4-8-20(26)9-5-18/h4-11,17H,3,12-16H2,1-2H3. The Morgan fingerprint density at radius 3 is 2.23 bits per heavy atom. The second-order valence-corrected chi connectivity index (χ2v) is 8.17. The summed E-state index contributed by atoms with van der Waals surface area (Å²) >= 11 is 0. The minimum atomic E-state index is -0.348. The molecule has 162 valence electrons. The lowest BCUT2D eigenvalue weighted by molar-refractivity contribution is -0.138. The van der Waals surface area contributed by atoms with Crippen molar-refractivity contribution >= 4 is 17.4 Å². The van der Waals surface area contributed by atoms with Crippen molar-refractivity contribution in [3.8, 4) is 5.75 Å². The van der Waals surface area contributed by atoms with Crippen LogP contribution in [-0.2, 0) is 16.1 Å². The van der Waals surface area contributed by atoms with Gasteiger partial charge in [-0.25, -0.2) is 4.39 Å². The van der Waals surface area contributed by atoms with Crippen molar-refractivity contribution in [2.24, 2.45) is 5.92 Å². The summed E-state index contributed by atoms with van der Waals surface area (Å²) in [6.45, 7) is 6.30. The number of benzene rings is 2. The van der Waals surface area contributed by atoms with E-state index >= 15 is 0 Å². The highest BCUT2D eigenvalue weighted by molar-refractivity contribution is 6.35. The Balaban J connectivity index is 1.69. The van der Waals surface area contributed by atoms with E-state index in [2.05, 4.69) is 11.8 Å². The molecule has 1 fully saturated rings. The van der Waals surface area contributed by atoms with Crippen molar-refractivity contribution in [1.82, 2.24) is 9.80 Å². The molecular weight excluding hydrogens is 395 g/mol. The number of hydrogen-bond acceptors (Lipinski definition) is 4. The lowest BCUT2D eigenvalue weighted by atomic mass is 9.97. The molecule has 0 atom stereocenters. The number of imide groups is 1. The molecule has 6 heteroatoms. The van der Waals surface area contributed by atoms with Gasteiger partial charge in [0.25, 0.3) is 11.8 Å². The van der Waals surface area contributed by atoms with Crippen LogP contribution in [0.5, 0.6) is 5.75 Å². The van der Waals surface area contributed by atoms with Gasteiger partial charge in [0.2, 0.25) is 0 Å². The predicted octanol–water partition coefficient (Wildman–Crippen LogP) is 4.24. The fourth-order valence-corrected chi connectivity index (χ4v) is 4.15. The lowest BCUT2D eigenvalue weighted by Crippen LogP contribution is -2.38. The third-order valence-electron chi connectivity index (χ3n) is 5.95. The van der Waals surface area contributed by atoms with E-state index in [4.69, 9.17) is 4.74 Å². The number of ether oxygens (including phenoxy) is 1. The Kier molecular flexibility index (Phi) is 6.07. The maximum atomic E-state index is 13.4. The number of carbonyl (C=O) groups excluding carboxylic acids is 2. The summed E-state index contributed by atoms with van der Waals surface area (Å²) in [7, 11) is 0. The van der Waals surface area contributed by atoms with E-state index in [1.54, 1.807) is 12.1 Å². The van der Waals surface area contributed by atoms with Gasteiger partial charge in [-0.15, -0.1) is 0 Å². The number of rotatable bonds is 6. The van der Waals surface area contributed by atoms with Crippen molar-refractivity contribution in [2.75, 3.05) is 19.7 Å². The second-order valence-electron chi connectivity index (χ2n) is 8.17. The summed E-state index contributed by atoms with van der Waals surface area (Å²) in [5.41, 5.74) is 2.33. The minimum Gasteiger partial charge on any atom is -0.494 e. The van der Waals surface area contributed by atoms with Crippen molar-refractivity contribution in [3.05, 3.63) is 71.2 Å². The monoisotopic (exact) mass is 422 g/mol. The third kappa shape index (κ3) is 4.33. The van der Waals surface area contributed by atoms with Gasteiger partial charge in [0, 0.05) is 13.1 Å². The quantitative estimate of drug-likeness (QED) is 0.654. The maximum absolute atomic E-state index is 13.4. The first-order valence-electron chi connectivity index (χ1n) is 10.8. The molecule has 2 aliphatic heterocycles. The molecule has 0 aliphatic carbocycles. The van der Waals surface area contributed by atoms with Crippen LogP contribution in [-0.4, -0.2) is 41.3 Å². The molecule has 0 radical (unpaired) electrons. The van der Waals surface area contributed by atoms with Gasteiger partial charge in [-0.3, -0.25) is 14.5 Å². The van der Waals surface area contributed by atoms with Crippen LogP contribution in [0.25, 0.3) is 5.57 Å². The number of nitrogens with zero attached hydrogens (tertiary/aromatic N) is 2. The molecular formula is C25H27FN2O3. The summed E-state index contributed by atoms with van der Waals surface area (Å²) in [6.07, 6.45) is 1.97. The fourth-order valence-electron chi connectivity index (χ4n) is 4.15. The Labute approximate surface area is 182 Å². The van der Waals surface area contributed by atoms with Crippen LogP contribution in [0.1, 0.15) is 37.8 Å². The molecule has 1 saturated heterocycles. The Hall–Kier alpha value is -3.15. The lowest BCUT2D eigenvalue weighted by Gasteiger charge is -2.32. The normalized spacial score (nSPS) is 17.6. The Morgan fingerprint density at radius 2 is 1.61 bits per heavy atom. The van der Waals surface area contributed by atoms with Gasteiger partial charge in [0.1, 0.15) is 17.3 Å². The van der Waals surface area contributed by atoms with Crippen LogP contribution in [0.15, 0.2) is 54.2 Å². The summed E-state index contributed by atoms with van der Waals surface area (Å²) in [6, 6.07) is 13.2. The Bertz CT molecular complexity index is 990. The zero-order valence-electron chi connectivity index (χ0n) is 17.9. The molecule has 0 unspecified atom stereocenters. The van der Waals surface area contributed by atoms with Gasteiger partial charge >= 0.3 is 0 Å². The van der Waals surface area contributed by atoms with E-state index in [9.17, 15) is 14.0 Å². The summed E-state index contributed by atoms with van der Waals surface area (Å²) < 4.78 is 18.8. The van der Waals surface area contributed by atoms with Crippen LogP contribution < -0.4 is 4.74 Å². The van der Waals surface area contributed by atoms with Crippen LogP contribution in [0, 0.1) is 11.7 Å². The molecule has 0 N–H and O–H groups in total. The molecule has 2 amide bonds.